The maximum Gasteiger partial charge on any atom is 0.165 e. The second-order valence-corrected chi connectivity index (χ2v) is 7.95. The number of rotatable bonds is 4. The topological polar surface area (TPSA) is 51.5 Å². The van der Waals surface area contributed by atoms with Gasteiger partial charge in [-0.05, 0) is 18.4 Å². The van der Waals surface area contributed by atoms with Crippen molar-refractivity contribution in [3.05, 3.63) is 48.3 Å². The van der Waals surface area contributed by atoms with Gasteiger partial charge < -0.3 is 10.1 Å². The van der Waals surface area contributed by atoms with Gasteiger partial charge in [-0.3, -0.25) is 0 Å². The van der Waals surface area contributed by atoms with Gasteiger partial charge in [-0.15, -0.1) is 0 Å². The number of fused-ring (bicyclic) bond motifs is 1. The van der Waals surface area contributed by atoms with E-state index >= 15 is 0 Å². The molecule has 0 aliphatic carbocycles. The lowest BCUT2D eigenvalue weighted by atomic mass is 9.92. The van der Waals surface area contributed by atoms with Crippen LogP contribution < -0.4 is 5.32 Å². The Labute approximate surface area is 154 Å². The van der Waals surface area contributed by atoms with Crippen LogP contribution in [-0.2, 0) is 10.2 Å². The molecule has 1 aromatic carbocycles. The number of nitrogens with zero attached hydrogens (tertiary/aromatic N) is 3. The molecular formula is C21H26N4O. The molecule has 0 amide bonds. The number of hydrogen-bond acceptors (Lipinski definition) is 4. The average Bonchev–Trinajstić information content (AvgIpc) is 3.29. The molecule has 1 fully saturated rings. The molecule has 0 radical (unpaired) electrons. The zero-order valence-electron chi connectivity index (χ0n) is 15.7. The highest BCUT2D eigenvalue weighted by atomic mass is 16.5. The van der Waals surface area contributed by atoms with Crippen molar-refractivity contribution >= 4 is 11.5 Å². The van der Waals surface area contributed by atoms with E-state index in [1.807, 2.05) is 28.9 Å². The quantitative estimate of drug-likeness (QED) is 0.763. The molecule has 1 saturated heterocycles. The van der Waals surface area contributed by atoms with Gasteiger partial charge in [-0.1, -0.05) is 51.1 Å². The van der Waals surface area contributed by atoms with E-state index in [9.17, 15) is 0 Å². The van der Waals surface area contributed by atoms with Crippen LogP contribution in [0.2, 0.25) is 0 Å². The maximum absolute atomic E-state index is 5.75. The normalized spacial score (nSPS) is 17.7. The molecule has 136 valence electrons. The van der Waals surface area contributed by atoms with Gasteiger partial charge >= 0.3 is 0 Å². The van der Waals surface area contributed by atoms with Crippen molar-refractivity contribution in [2.75, 3.05) is 18.5 Å². The van der Waals surface area contributed by atoms with E-state index in [2.05, 4.69) is 49.4 Å². The fourth-order valence-corrected chi connectivity index (χ4v) is 3.32. The van der Waals surface area contributed by atoms with Gasteiger partial charge in [0.05, 0.1) is 18.0 Å². The van der Waals surface area contributed by atoms with E-state index in [-0.39, 0.29) is 11.5 Å². The highest BCUT2D eigenvalue weighted by Gasteiger charge is 2.21. The summed E-state index contributed by atoms with van der Waals surface area (Å²) in [6.07, 6.45) is 4.44. The zero-order valence-corrected chi connectivity index (χ0v) is 15.7. The third-order valence-corrected chi connectivity index (χ3v) is 4.86. The third kappa shape index (κ3) is 3.31. The zero-order chi connectivity index (χ0) is 18.1. The molecule has 0 saturated carbocycles. The molecule has 2 aromatic heterocycles. The Morgan fingerprint density at radius 3 is 2.73 bits per heavy atom. The summed E-state index contributed by atoms with van der Waals surface area (Å²) in [4.78, 5) is 4.95. The summed E-state index contributed by atoms with van der Waals surface area (Å²) in [5.74, 6) is 0.970. The molecule has 3 aromatic rings. The summed E-state index contributed by atoms with van der Waals surface area (Å²) >= 11 is 0. The Kier molecular flexibility index (Phi) is 4.41. The van der Waals surface area contributed by atoms with Crippen molar-refractivity contribution < 1.29 is 4.74 Å². The van der Waals surface area contributed by atoms with E-state index in [1.54, 1.807) is 0 Å². The Bertz CT molecular complexity index is 890. The van der Waals surface area contributed by atoms with E-state index in [0.717, 1.165) is 54.3 Å². The smallest absolute Gasteiger partial charge is 0.165 e. The second-order valence-electron chi connectivity index (χ2n) is 7.95. The number of ether oxygens (including phenoxy) is 1. The number of benzene rings is 1. The Morgan fingerprint density at radius 2 is 2.04 bits per heavy atom. The van der Waals surface area contributed by atoms with Gasteiger partial charge in [0, 0.05) is 30.2 Å². The largest absolute Gasteiger partial charge is 0.376 e. The van der Waals surface area contributed by atoms with Crippen molar-refractivity contribution in [3.8, 4) is 11.1 Å². The predicted molar refractivity (Wildman–Crippen MR) is 105 cm³/mol. The minimum atomic E-state index is -0.0414. The van der Waals surface area contributed by atoms with Crippen LogP contribution in [0.15, 0.2) is 42.6 Å². The maximum atomic E-state index is 5.75. The molecule has 1 aliphatic rings. The lowest BCUT2D eigenvalue weighted by Crippen LogP contribution is -2.21. The van der Waals surface area contributed by atoms with E-state index in [1.165, 1.54) is 0 Å². The SMILES string of the molecule is CC(C)(C)c1cc(NCC2CCCO2)n2ncc(-c3ccccc3)c2n1. The fraction of sp³-hybridized carbons (Fsp3) is 0.429. The highest BCUT2D eigenvalue weighted by molar-refractivity contribution is 5.78. The Morgan fingerprint density at radius 1 is 1.23 bits per heavy atom. The van der Waals surface area contributed by atoms with Crippen LogP contribution in [0, 0.1) is 0 Å². The second kappa shape index (κ2) is 6.72. The van der Waals surface area contributed by atoms with E-state index in [4.69, 9.17) is 9.72 Å². The van der Waals surface area contributed by atoms with Crippen LogP contribution in [0.1, 0.15) is 39.3 Å². The van der Waals surface area contributed by atoms with Crippen molar-refractivity contribution in [2.24, 2.45) is 0 Å². The number of hydrogen-bond donors (Lipinski definition) is 1. The van der Waals surface area contributed by atoms with Crippen molar-refractivity contribution in [1.82, 2.24) is 14.6 Å². The standard InChI is InChI=1S/C21H26N4O/c1-21(2,3)18-12-19(22-13-16-10-7-11-26-16)25-20(24-18)17(14-23-25)15-8-5-4-6-9-15/h4-6,8-9,12,14,16,22H,7,10-11,13H2,1-3H3. The molecule has 1 atom stereocenters. The van der Waals surface area contributed by atoms with Gasteiger partial charge in [-0.2, -0.15) is 9.61 Å². The number of aromatic nitrogens is 3. The summed E-state index contributed by atoms with van der Waals surface area (Å²) in [6, 6.07) is 12.4. The Balaban J connectivity index is 1.78. The molecular weight excluding hydrogens is 324 g/mol. The Hall–Kier alpha value is -2.40. The van der Waals surface area contributed by atoms with Crippen LogP contribution in [0.25, 0.3) is 16.8 Å². The minimum Gasteiger partial charge on any atom is -0.376 e. The summed E-state index contributed by atoms with van der Waals surface area (Å²) < 4.78 is 7.66. The molecule has 1 unspecified atom stereocenters. The van der Waals surface area contributed by atoms with Gasteiger partial charge in [0.25, 0.3) is 0 Å². The molecule has 5 nitrogen and oxygen atoms in total. The molecule has 0 spiro atoms. The first-order chi connectivity index (χ1) is 12.5. The monoisotopic (exact) mass is 350 g/mol. The molecule has 5 heteroatoms. The average molecular weight is 350 g/mol. The van der Waals surface area contributed by atoms with E-state index in [0.29, 0.717) is 0 Å². The summed E-state index contributed by atoms with van der Waals surface area (Å²) in [5.41, 5.74) is 4.08. The van der Waals surface area contributed by atoms with E-state index < -0.39 is 0 Å². The molecule has 26 heavy (non-hydrogen) atoms. The summed E-state index contributed by atoms with van der Waals surface area (Å²) in [7, 11) is 0. The van der Waals surface area contributed by atoms with Gasteiger partial charge in [0.1, 0.15) is 5.82 Å². The van der Waals surface area contributed by atoms with Gasteiger partial charge in [0.2, 0.25) is 0 Å². The summed E-state index contributed by atoms with van der Waals surface area (Å²) in [5, 5.41) is 8.16. The summed E-state index contributed by atoms with van der Waals surface area (Å²) in [6.45, 7) is 8.23. The van der Waals surface area contributed by atoms with Crippen LogP contribution >= 0.6 is 0 Å². The highest BCUT2D eigenvalue weighted by Crippen LogP contribution is 2.29. The van der Waals surface area contributed by atoms with Gasteiger partial charge in [-0.25, -0.2) is 4.98 Å². The first kappa shape index (κ1) is 17.0. The number of anilines is 1. The van der Waals surface area contributed by atoms with Crippen LogP contribution in [0.4, 0.5) is 5.82 Å². The molecule has 0 bridgehead atoms. The molecule has 1 aliphatic heterocycles. The van der Waals surface area contributed by atoms with Crippen molar-refractivity contribution in [1.29, 1.82) is 0 Å². The fourth-order valence-electron chi connectivity index (χ4n) is 3.32. The molecule has 1 N–H and O–H groups in total. The number of nitrogens with one attached hydrogen (secondary N) is 1. The lowest BCUT2D eigenvalue weighted by molar-refractivity contribution is 0.120. The van der Waals surface area contributed by atoms with Crippen LogP contribution in [-0.4, -0.2) is 33.9 Å². The molecule has 4 rings (SSSR count). The van der Waals surface area contributed by atoms with Crippen molar-refractivity contribution in [2.45, 2.75) is 45.1 Å². The first-order valence-corrected chi connectivity index (χ1v) is 9.32. The first-order valence-electron chi connectivity index (χ1n) is 9.32. The van der Waals surface area contributed by atoms with Crippen LogP contribution in [0.5, 0.6) is 0 Å². The lowest BCUT2D eigenvalue weighted by Gasteiger charge is -2.20. The third-order valence-electron chi connectivity index (χ3n) is 4.86. The predicted octanol–water partition coefficient (Wildman–Crippen LogP) is 4.28. The van der Waals surface area contributed by atoms with Crippen LogP contribution in [0.3, 0.4) is 0 Å². The van der Waals surface area contributed by atoms with Gasteiger partial charge in [0.15, 0.2) is 5.65 Å². The molecule has 3 heterocycles. The minimum absolute atomic E-state index is 0.0414. The van der Waals surface area contributed by atoms with Crippen molar-refractivity contribution in [3.63, 3.8) is 0 Å².